The lowest BCUT2D eigenvalue weighted by atomic mass is 10.0. The molecule has 0 aliphatic carbocycles. The molecule has 0 spiro atoms. The van der Waals surface area contributed by atoms with Gasteiger partial charge in [0.05, 0.1) is 34.5 Å². The molecule has 1 atom stereocenters. The minimum Gasteiger partial charge on any atom is -0.463 e. The fourth-order valence-corrected chi connectivity index (χ4v) is 3.76. The molecule has 0 saturated carbocycles. The van der Waals surface area contributed by atoms with E-state index >= 15 is 0 Å². The largest absolute Gasteiger partial charge is 0.463 e. The molecule has 1 unspecified atom stereocenters. The summed E-state index contributed by atoms with van der Waals surface area (Å²) < 4.78 is 36.8. The van der Waals surface area contributed by atoms with Crippen molar-refractivity contribution in [2.45, 2.75) is 13.0 Å². The molecule has 7 nitrogen and oxygen atoms in total. The second-order valence-corrected chi connectivity index (χ2v) is 7.37. The number of carbonyl (C=O) groups excluding carboxylic acids is 3. The fourth-order valence-electron chi connectivity index (χ4n) is 2.75. The highest BCUT2D eigenvalue weighted by atomic mass is 35.5. The molecule has 0 bridgehead atoms. The zero-order valence-electron chi connectivity index (χ0n) is 15.5. The lowest BCUT2D eigenvalue weighted by Crippen LogP contribution is -2.46. The fraction of sp³-hybridized carbons (Fsp3) is 0.211. The van der Waals surface area contributed by atoms with Gasteiger partial charge < -0.3 is 20.1 Å². The van der Waals surface area contributed by atoms with E-state index < -0.39 is 47.8 Å². The minimum atomic E-state index is -1.27. The number of hydrogen-bond donors (Lipinski definition) is 2. The molecule has 11 heteroatoms. The molecule has 2 heterocycles. The number of benzene rings is 1. The first-order valence-corrected chi connectivity index (χ1v) is 9.90. The van der Waals surface area contributed by atoms with Crippen molar-refractivity contribution in [1.29, 1.82) is 0 Å². The summed E-state index contributed by atoms with van der Waals surface area (Å²) in [6.45, 7) is 1.18. The third-order valence-corrected chi connectivity index (χ3v) is 5.30. The van der Waals surface area contributed by atoms with Crippen LogP contribution >= 0.6 is 22.9 Å². The standard InChI is InChI=1S/C19H15ClF2N2O5S/c1-2-28-18(26)15-13(23-19(27)24-16(15)14-4-3-5-30-14)8-29-17(25)9-6-11(21)12(22)7-10(9)20/h3-7,16H,2,8H2,1H3,(H2,23,24,27). The Bertz CT molecular complexity index is 1030. The van der Waals surface area contributed by atoms with E-state index in [2.05, 4.69) is 10.6 Å². The van der Waals surface area contributed by atoms with E-state index in [0.717, 1.165) is 0 Å². The molecule has 0 saturated heterocycles. The Morgan fingerprint density at radius 1 is 1.20 bits per heavy atom. The van der Waals surface area contributed by atoms with Crippen molar-refractivity contribution < 1.29 is 32.6 Å². The highest BCUT2D eigenvalue weighted by Crippen LogP contribution is 2.31. The lowest BCUT2D eigenvalue weighted by molar-refractivity contribution is -0.139. The van der Waals surface area contributed by atoms with E-state index in [1.165, 1.54) is 11.3 Å². The highest BCUT2D eigenvalue weighted by Gasteiger charge is 2.35. The van der Waals surface area contributed by atoms with Gasteiger partial charge in [-0.3, -0.25) is 0 Å². The number of rotatable bonds is 6. The third-order valence-electron chi connectivity index (χ3n) is 4.05. The van der Waals surface area contributed by atoms with E-state index in [1.54, 1.807) is 24.4 Å². The number of hydrogen-bond acceptors (Lipinski definition) is 6. The molecule has 30 heavy (non-hydrogen) atoms. The van der Waals surface area contributed by atoms with Crippen molar-refractivity contribution in [3.8, 4) is 0 Å². The molecule has 3 rings (SSSR count). The molecule has 2 aromatic rings. The van der Waals surface area contributed by atoms with Crippen molar-refractivity contribution in [2.75, 3.05) is 13.2 Å². The number of nitrogens with one attached hydrogen (secondary N) is 2. The number of urea groups is 1. The topological polar surface area (TPSA) is 93.7 Å². The van der Waals surface area contributed by atoms with Crippen LogP contribution in [-0.2, 0) is 14.3 Å². The molecule has 1 aromatic carbocycles. The van der Waals surface area contributed by atoms with Crippen molar-refractivity contribution in [2.24, 2.45) is 0 Å². The number of amides is 2. The molecule has 0 radical (unpaired) electrons. The maximum Gasteiger partial charge on any atom is 0.340 e. The lowest BCUT2D eigenvalue weighted by Gasteiger charge is -2.28. The van der Waals surface area contributed by atoms with Crippen LogP contribution in [0.5, 0.6) is 0 Å². The summed E-state index contributed by atoms with van der Waals surface area (Å²) in [7, 11) is 0. The zero-order chi connectivity index (χ0) is 21.8. The van der Waals surface area contributed by atoms with Crippen molar-refractivity contribution in [3.63, 3.8) is 0 Å². The Kier molecular flexibility index (Phi) is 6.68. The quantitative estimate of drug-likeness (QED) is 0.510. The van der Waals surface area contributed by atoms with Crippen LogP contribution in [0.1, 0.15) is 28.2 Å². The average molecular weight is 457 g/mol. The molecular formula is C19H15ClF2N2O5S. The predicted molar refractivity (Wildman–Crippen MR) is 104 cm³/mol. The molecule has 0 fully saturated rings. The molecule has 1 aliphatic heterocycles. The van der Waals surface area contributed by atoms with E-state index in [4.69, 9.17) is 21.1 Å². The Labute approximate surface area is 178 Å². The van der Waals surface area contributed by atoms with Crippen LogP contribution in [0.25, 0.3) is 0 Å². The van der Waals surface area contributed by atoms with Gasteiger partial charge >= 0.3 is 18.0 Å². The summed E-state index contributed by atoms with van der Waals surface area (Å²) >= 11 is 7.09. The van der Waals surface area contributed by atoms with E-state index in [1.807, 2.05) is 0 Å². The average Bonchev–Trinajstić information content (AvgIpc) is 3.23. The number of carbonyl (C=O) groups is 3. The van der Waals surface area contributed by atoms with Crippen LogP contribution in [0.4, 0.5) is 13.6 Å². The summed E-state index contributed by atoms with van der Waals surface area (Å²) in [5.41, 5.74) is -0.338. The second kappa shape index (κ2) is 9.23. The Morgan fingerprint density at radius 3 is 2.60 bits per heavy atom. The van der Waals surface area contributed by atoms with Crippen molar-refractivity contribution >= 4 is 40.9 Å². The Balaban J connectivity index is 1.91. The molecule has 1 aromatic heterocycles. The molecule has 2 amide bonds. The SMILES string of the molecule is CCOC(=O)C1=C(COC(=O)c2cc(F)c(F)cc2Cl)NC(=O)NC1c1cccs1. The van der Waals surface area contributed by atoms with Gasteiger partial charge in [0, 0.05) is 4.88 Å². The van der Waals surface area contributed by atoms with Crippen LogP contribution in [0.15, 0.2) is 40.9 Å². The second-order valence-electron chi connectivity index (χ2n) is 5.98. The summed E-state index contributed by atoms with van der Waals surface area (Å²) in [6, 6.07) is 3.32. The van der Waals surface area contributed by atoms with E-state index in [9.17, 15) is 23.2 Å². The third kappa shape index (κ3) is 4.60. The van der Waals surface area contributed by atoms with Crippen LogP contribution < -0.4 is 10.6 Å². The minimum absolute atomic E-state index is 0.00246. The van der Waals surface area contributed by atoms with Crippen molar-refractivity contribution in [1.82, 2.24) is 10.6 Å². The van der Waals surface area contributed by atoms with Gasteiger partial charge in [0.2, 0.25) is 0 Å². The van der Waals surface area contributed by atoms with Crippen molar-refractivity contribution in [3.05, 3.63) is 68.0 Å². The van der Waals surface area contributed by atoms with Crippen LogP contribution in [-0.4, -0.2) is 31.2 Å². The molecular weight excluding hydrogens is 442 g/mol. The maximum atomic E-state index is 13.5. The molecule has 2 N–H and O–H groups in total. The first kappa shape index (κ1) is 21.7. The van der Waals surface area contributed by atoms with E-state index in [0.29, 0.717) is 17.0 Å². The van der Waals surface area contributed by atoms with Crippen LogP contribution in [0.3, 0.4) is 0 Å². The summed E-state index contributed by atoms with van der Waals surface area (Å²) in [5.74, 6) is -4.26. The normalized spacial score (nSPS) is 16.0. The number of thiophene rings is 1. The van der Waals surface area contributed by atoms with Gasteiger partial charge in [-0.1, -0.05) is 17.7 Å². The Morgan fingerprint density at radius 2 is 1.93 bits per heavy atom. The van der Waals surface area contributed by atoms with Gasteiger partial charge in [0.25, 0.3) is 0 Å². The zero-order valence-corrected chi connectivity index (χ0v) is 17.0. The summed E-state index contributed by atoms with van der Waals surface area (Å²) in [4.78, 5) is 37.6. The monoisotopic (exact) mass is 456 g/mol. The van der Waals surface area contributed by atoms with Gasteiger partial charge in [-0.2, -0.15) is 0 Å². The first-order valence-electron chi connectivity index (χ1n) is 8.64. The first-order chi connectivity index (χ1) is 14.3. The van der Waals surface area contributed by atoms with Gasteiger partial charge in [0.1, 0.15) is 6.61 Å². The van der Waals surface area contributed by atoms with Gasteiger partial charge in [-0.15, -0.1) is 11.3 Å². The van der Waals surface area contributed by atoms with Gasteiger partial charge in [-0.05, 0) is 30.5 Å². The summed E-state index contributed by atoms with van der Waals surface area (Å²) in [6.07, 6.45) is 0. The number of esters is 2. The molecule has 1 aliphatic rings. The number of ether oxygens (including phenoxy) is 2. The predicted octanol–water partition coefficient (Wildman–Crippen LogP) is 3.71. The molecule has 158 valence electrons. The van der Waals surface area contributed by atoms with E-state index in [-0.39, 0.29) is 22.9 Å². The van der Waals surface area contributed by atoms with Crippen LogP contribution in [0, 0.1) is 11.6 Å². The summed E-state index contributed by atoms with van der Waals surface area (Å²) in [5, 5.41) is 6.49. The maximum absolute atomic E-state index is 13.5. The van der Waals surface area contributed by atoms with Gasteiger partial charge in [-0.25, -0.2) is 23.2 Å². The van der Waals surface area contributed by atoms with Gasteiger partial charge in [0.15, 0.2) is 11.6 Å². The highest BCUT2D eigenvalue weighted by molar-refractivity contribution is 7.10. The Hall–Kier alpha value is -2.98. The number of halogens is 3. The smallest absolute Gasteiger partial charge is 0.340 e. The van der Waals surface area contributed by atoms with Crippen LogP contribution in [0.2, 0.25) is 5.02 Å².